The number of halogens is 2. The molecule has 1 aliphatic rings. The minimum absolute atomic E-state index is 0.0249. The number of benzene rings is 2. The molecule has 0 aliphatic carbocycles. The van der Waals surface area contributed by atoms with Crippen LogP contribution in [0.1, 0.15) is 41.8 Å². The van der Waals surface area contributed by atoms with E-state index in [0.29, 0.717) is 29.7 Å². The molecule has 1 unspecified atom stereocenters. The van der Waals surface area contributed by atoms with Crippen molar-refractivity contribution in [2.24, 2.45) is 0 Å². The zero-order chi connectivity index (χ0) is 23.4. The number of rotatable bonds is 6. The fraction of sp³-hybridized carbons (Fsp3) is 0.269. The third kappa shape index (κ3) is 5.55. The van der Waals surface area contributed by atoms with Crippen LogP contribution in [0.2, 0.25) is 10.0 Å². The van der Waals surface area contributed by atoms with E-state index in [1.54, 1.807) is 35.1 Å². The Morgan fingerprint density at radius 1 is 1.03 bits per heavy atom. The van der Waals surface area contributed by atoms with E-state index < -0.39 is 0 Å². The molecule has 0 spiro atoms. The number of fused-ring (bicyclic) bond motifs is 1. The van der Waals surface area contributed by atoms with E-state index in [1.165, 1.54) is 5.56 Å². The molecule has 4 rings (SSSR count). The smallest absolute Gasteiger partial charge is 0.225 e. The molecule has 0 fully saturated rings. The first-order valence-corrected chi connectivity index (χ1v) is 11.6. The number of carbonyl (C=O) groups is 2. The minimum Gasteiger partial charge on any atom is -0.335 e. The van der Waals surface area contributed by atoms with Gasteiger partial charge in [-0.3, -0.25) is 14.6 Å². The quantitative estimate of drug-likeness (QED) is 0.469. The van der Waals surface area contributed by atoms with Gasteiger partial charge in [-0.1, -0.05) is 59.6 Å². The van der Waals surface area contributed by atoms with E-state index in [9.17, 15) is 9.59 Å². The maximum absolute atomic E-state index is 13.7. The van der Waals surface area contributed by atoms with Gasteiger partial charge in [-0.05, 0) is 47.4 Å². The van der Waals surface area contributed by atoms with E-state index in [1.807, 2.05) is 42.5 Å². The summed E-state index contributed by atoms with van der Waals surface area (Å²) in [5, 5.41) is 0.919. The van der Waals surface area contributed by atoms with E-state index in [2.05, 4.69) is 11.1 Å². The summed E-state index contributed by atoms with van der Waals surface area (Å²) in [6.45, 7) is 2.89. The summed E-state index contributed by atoms with van der Waals surface area (Å²) in [7, 11) is 0. The normalized spacial score (nSPS) is 15.1. The first-order chi connectivity index (χ1) is 15.9. The molecule has 1 aliphatic heterocycles. The number of amides is 2. The van der Waals surface area contributed by atoms with E-state index in [0.717, 1.165) is 23.2 Å². The molecule has 0 N–H and O–H groups in total. The SMILES string of the molecule is CC(=O)N1CCc2ccccc2C1CC(=O)N(Cc1ccc(Cl)c(Cl)c1)Cc1ccccn1. The van der Waals surface area contributed by atoms with Crippen molar-refractivity contribution in [2.75, 3.05) is 6.54 Å². The number of carbonyl (C=O) groups excluding carboxylic acids is 2. The van der Waals surface area contributed by atoms with Crippen molar-refractivity contribution in [1.82, 2.24) is 14.8 Å². The maximum atomic E-state index is 13.7. The lowest BCUT2D eigenvalue weighted by Crippen LogP contribution is -2.42. The lowest BCUT2D eigenvalue weighted by molar-refractivity contribution is -0.137. The molecule has 1 atom stereocenters. The molecule has 2 amide bonds. The summed E-state index contributed by atoms with van der Waals surface area (Å²) in [6, 6.07) is 18.8. The van der Waals surface area contributed by atoms with Gasteiger partial charge in [0, 0.05) is 26.2 Å². The Morgan fingerprint density at radius 2 is 1.82 bits per heavy atom. The number of nitrogens with zero attached hydrogens (tertiary/aromatic N) is 3. The lowest BCUT2D eigenvalue weighted by atomic mass is 9.90. The van der Waals surface area contributed by atoms with Crippen molar-refractivity contribution in [3.05, 3.63) is 99.3 Å². The van der Waals surface area contributed by atoms with Crippen molar-refractivity contribution >= 4 is 35.0 Å². The van der Waals surface area contributed by atoms with Crippen molar-refractivity contribution in [3.63, 3.8) is 0 Å². The zero-order valence-corrected chi connectivity index (χ0v) is 19.9. The Labute approximate surface area is 203 Å². The van der Waals surface area contributed by atoms with Gasteiger partial charge in [-0.25, -0.2) is 0 Å². The Kier molecular flexibility index (Phi) is 7.31. The summed E-state index contributed by atoms with van der Waals surface area (Å²) in [5.74, 6) is -0.0808. The summed E-state index contributed by atoms with van der Waals surface area (Å²) in [6.07, 6.45) is 2.71. The summed E-state index contributed by atoms with van der Waals surface area (Å²) < 4.78 is 0. The van der Waals surface area contributed by atoms with Crippen molar-refractivity contribution in [3.8, 4) is 0 Å². The van der Waals surface area contributed by atoms with Crippen LogP contribution in [0, 0.1) is 0 Å². The number of hydrogen-bond acceptors (Lipinski definition) is 3. The molecule has 0 bridgehead atoms. The largest absolute Gasteiger partial charge is 0.335 e. The average Bonchev–Trinajstić information content (AvgIpc) is 2.81. The molecule has 2 aromatic carbocycles. The molecular weight excluding hydrogens is 457 g/mol. The van der Waals surface area contributed by atoms with Crippen LogP contribution in [-0.4, -0.2) is 33.1 Å². The van der Waals surface area contributed by atoms with E-state index in [4.69, 9.17) is 23.2 Å². The third-order valence-corrected chi connectivity index (χ3v) is 6.71. The van der Waals surface area contributed by atoms with Gasteiger partial charge in [0.05, 0.1) is 34.7 Å². The first kappa shape index (κ1) is 23.3. The van der Waals surface area contributed by atoms with Crippen molar-refractivity contribution < 1.29 is 9.59 Å². The highest BCUT2D eigenvalue weighted by Crippen LogP contribution is 2.33. The third-order valence-electron chi connectivity index (χ3n) is 5.97. The maximum Gasteiger partial charge on any atom is 0.225 e. The predicted molar refractivity (Wildman–Crippen MR) is 130 cm³/mol. The second-order valence-corrected chi connectivity index (χ2v) is 9.01. The van der Waals surface area contributed by atoms with Crippen LogP contribution < -0.4 is 0 Å². The molecule has 7 heteroatoms. The molecule has 0 saturated heterocycles. The first-order valence-electron chi connectivity index (χ1n) is 10.9. The van der Waals surface area contributed by atoms with Crippen LogP contribution >= 0.6 is 23.2 Å². The molecule has 33 heavy (non-hydrogen) atoms. The van der Waals surface area contributed by atoms with Gasteiger partial charge in [0.1, 0.15) is 0 Å². The Balaban J connectivity index is 1.62. The zero-order valence-electron chi connectivity index (χ0n) is 18.4. The van der Waals surface area contributed by atoms with Crippen LogP contribution in [0.4, 0.5) is 0 Å². The standard InChI is InChI=1S/C26H25Cl2N3O2/c1-18(32)31-13-11-20-6-2-3-8-22(20)25(31)15-26(33)30(17-21-7-4-5-12-29-21)16-19-9-10-23(27)24(28)14-19/h2-10,12,14,25H,11,13,15-17H2,1H3. The monoisotopic (exact) mass is 481 g/mol. The van der Waals surface area contributed by atoms with Crippen LogP contribution in [0.3, 0.4) is 0 Å². The fourth-order valence-corrected chi connectivity index (χ4v) is 4.64. The second-order valence-electron chi connectivity index (χ2n) is 8.20. The van der Waals surface area contributed by atoms with Crippen molar-refractivity contribution in [1.29, 1.82) is 0 Å². The van der Waals surface area contributed by atoms with Gasteiger partial charge in [0.25, 0.3) is 0 Å². The molecular formula is C26H25Cl2N3O2. The van der Waals surface area contributed by atoms with Crippen LogP contribution in [-0.2, 0) is 29.1 Å². The van der Waals surface area contributed by atoms with E-state index >= 15 is 0 Å². The molecule has 5 nitrogen and oxygen atoms in total. The van der Waals surface area contributed by atoms with Gasteiger partial charge < -0.3 is 9.80 Å². The van der Waals surface area contributed by atoms with Crippen LogP contribution in [0.15, 0.2) is 66.9 Å². The summed E-state index contributed by atoms with van der Waals surface area (Å²) in [4.78, 5) is 34.0. The Hall–Kier alpha value is -2.89. The van der Waals surface area contributed by atoms with Gasteiger partial charge in [-0.2, -0.15) is 0 Å². The van der Waals surface area contributed by atoms with Crippen LogP contribution in [0.5, 0.6) is 0 Å². The predicted octanol–water partition coefficient (Wildman–Crippen LogP) is 5.45. The highest BCUT2D eigenvalue weighted by atomic mass is 35.5. The Morgan fingerprint density at radius 3 is 2.55 bits per heavy atom. The minimum atomic E-state index is -0.292. The molecule has 1 aromatic heterocycles. The molecule has 3 aromatic rings. The highest BCUT2D eigenvalue weighted by molar-refractivity contribution is 6.42. The molecule has 2 heterocycles. The van der Waals surface area contributed by atoms with E-state index in [-0.39, 0.29) is 24.3 Å². The molecule has 0 saturated carbocycles. The van der Waals surface area contributed by atoms with Gasteiger partial charge in [0.2, 0.25) is 11.8 Å². The van der Waals surface area contributed by atoms with Crippen LogP contribution in [0.25, 0.3) is 0 Å². The number of aromatic nitrogens is 1. The molecule has 170 valence electrons. The van der Waals surface area contributed by atoms with Gasteiger partial charge in [-0.15, -0.1) is 0 Å². The summed E-state index contributed by atoms with van der Waals surface area (Å²) in [5.41, 5.74) is 3.90. The topological polar surface area (TPSA) is 53.5 Å². The molecule has 0 radical (unpaired) electrons. The highest BCUT2D eigenvalue weighted by Gasteiger charge is 2.32. The van der Waals surface area contributed by atoms with Gasteiger partial charge >= 0.3 is 0 Å². The Bertz CT molecular complexity index is 1150. The van der Waals surface area contributed by atoms with Gasteiger partial charge in [0.15, 0.2) is 0 Å². The number of hydrogen-bond donors (Lipinski definition) is 0. The average molecular weight is 482 g/mol. The fourth-order valence-electron chi connectivity index (χ4n) is 4.32. The van der Waals surface area contributed by atoms with Crippen molar-refractivity contribution in [2.45, 2.75) is 38.9 Å². The lowest BCUT2D eigenvalue weighted by Gasteiger charge is -2.37. The summed E-state index contributed by atoms with van der Waals surface area (Å²) >= 11 is 12.3. The number of pyridine rings is 1. The second kappa shape index (κ2) is 10.4.